The molecular formula is C49H93NO5. The number of amides is 1. The number of nitrogens with one attached hydrogen (secondary N) is 1. The molecule has 1 amide bonds. The molecule has 0 bridgehead atoms. The average Bonchev–Trinajstić information content (AvgIpc) is 3.18. The Hall–Kier alpha value is -1.66. The van der Waals surface area contributed by atoms with E-state index in [0.29, 0.717) is 19.4 Å². The van der Waals surface area contributed by atoms with Gasteiger partial charge in [0, 0.05) is 12.8 Å². The normalized spacial score (nSPS) is 12.9. The lowest BCUT2D eigenvalue weighted by molar-refractivity contribution is -0.143. The first-order valence-electron chi connectivity index (χ1n) is 24.1. The fraction of sp³-hybridized carbons (Fsp3) is 0.878. The van der Waals surface area contributed by atoms with Crippen LogP contribution >= 0.6 is 0 Å². The third-order valence-electron chi connectivity index (χ3n) is 11.0. The highest BCUT2D eigenvalue weighted by atomic mass is 16.5. The maximum atomic E-state index is 12.4. The molecule has 0 heterocycles. The second kappa shape index (κ2) is 45.0. The summed E-state index contributed by atoms with van der Waals surface area (Å²) in [6, 6.07) is -0.636. The van der Waals surface area contributed by atoms with E-state index in [1.54, 1.807) is 6.08 Å². The highest BCUT2D eigenvalue weighted by molar-refractivity contribution is 5.76. The number of ether oxygens (including phenoxy) is 1. The van der Waals surface area contributed by atoms with E-state index >= 15 is 0 Å². The highest BCUT2D eigenvalue weighted by Crippen LogP contribution is 2.15. The lowest BCUT2D eigenvalue weighted by atomic mass is 10.0. The summed E-state index contributed by atoms with van der Waals surface area (Å²) in [5.74, 6) is -0.0996. The van der Waals surface area contributed by atoms with Gasteiger partial charge in [0.25, 0.3) is 0 Å². The Morgan fingerprint density at radius 1 is 0.491 bits per heavy atom. The minimum absolute atomic E-state index is 0.0176. The van der Waals surface area contributed by atoms with Crippen LogP contribution in [0.1, 0.15) is 251 Å². The molecule has 0 radical (unpaired) electrons. The number of esters is 1. The minimum atomic E-state index is -0.851. The molecule has 0 rings (SSSR count). The number of aliphatic hydroxyl groups is 2. The molecule has 2 unspecified atom stereocenters. The van der Waals surface area contributed by atoms with Crippen LogP contribution in [-0.2, 0) is 14.3 Å². The van der Waals surface area contributed by atoms with Gasteiger partial charge in [0.05, 0.1) is 25.4 Å². The van der Waals surface area contributed by atoms with Crippen molar-refractivity contribution in [3.05, 3.63) is 24.3 Å². The number of carbonyl (C=O) groups excluding carboxylic acids is 2. The monoisotopic (exact) mass is 776 g/mol. The largest absolute Gasteiger partial charge is 0.466 e. The summed E-state index contributed by atoms with van der Waals surface area (Å²) < 4.78 is 5.44. The number of hydrogen-bond donors (Lipinski definition) is 3. The summed E-state index contributed by atoms with van der Waals surface area (Å²) in [5, 5.41) is 23.0. The molecule has 6 heteroatoms. The molecule has 6 nitrogen and oxygen atoms in total. The van der Waals surface area contributed by atoms with E-state index in [-0.39, 0.29) is 18.5 Å². The quantitative estimate of drug-likeness (QED) is 0.0325. The van der Waals surface area contributed by atoms with Crippen molar-refractivity contribution in [1.29, 1.82) is 0 Å². The average molecular weight is 776 g/mol. The molecular weight excluding hydrogens is 683 g/mol. The zero-order valence-corrected chi connectivity index (χ0v) is 36.7. The Bertz CT molecular complexity index is 858. The van der Waals surface area contributed by atoms with E-state index in [1.807, 2.05) is 6.08 Å². The van der Waals surface area contributed by atoms with Gasteiger partial charge >= 0.3 is 5.97 Å². The predicted molar refractivity (Wildman–Crippen MR) is 236 cm³/mol. The lowest BCUT2D eigenvalue weighted by Gasteiger charge is -2.20. The topological polar surface area (TPSA) is 95.9 Å². The van der Waals surface area contributed by atoms with E-state index in [9.17, 15) is 19.8 Å². The molecule has 0 spiro atoms. The standard InChI is InChI=1S/C49H93NO5/c1-3-5-7-9-11-13-15-18-21-25-29-33-37-41-47(52)46(45-51)50-48(53)42-38-34-30-26-22-19-17-20-24-28-32-36-40-44-55-49(54)43-39-35-31-27-23-16-14-12-10-8-6-4-2/h12,14,37,41,46-47,51-52H,3-11,13,15-36,38-40,42-45H2,1-2H3,(H,50,53)/b14-12-,41-37+. The molecule has 0 aliphatic carbocycles. The van der Waals surface area contributed by atoms with Crippen LogP contribution in [0.25, 0.3) is 0 Å². The van der Waals surface area contributed by atoms with Gasteiger partial charge in [-0.2, -0.15) is 0 Å². The maximum absolute atomic E-state index is 12.4. The third-order valence-corrected chi connectivity index (χ3v) is 11.0. The Labute approximate surface area is 341 Å². The molecule has 0 saturated carbocycles. The van der Waals surface area contributed by atoms with Crippen molar-refractivity contribution in [3.63, 3.8) is 0 Å². The van der Waals surface area contributed by atoms with Crippen LogP contribution in [0.2, 0.25) is 0 Å². The number of rotatable bonds is 44. The highest BCUT2D eigenvalue weighted by Gasteiger charge is 2.18. The Balaban J connectivity index is 3.50. The van der Waals surface area contributed by atoms with Crippen LogP contribution in [-0.4, -0.2) is 47.4 Å². The SMILES string of the molecule is CCCCC/C=C\CCCCCCCC(=O)OCCCCCCCCCCCCCCCC(=O)NC(CO)C(O)/C=C/CCCCCCCCCCCCC. The molecule has 0 aliphatic rings. The number of hydrogen-bond acceptors (Lipinski definition) is 5. The van der Waals surface area contributed by atoms with Gasteiger partial charge in [-0.3, -0.25) is 9.59 Å². The van der Waals surface area contributed by atoms with Crippen molar-refractivity contribution in [2.24, 2.45) is 0 Å². The fourth-order valence-corrected chi connectivity index (χ4v) is 7.21. The van der Waals surface area contributed by atoms with E-state index in [1.165, 1.54) is 167 Å². The van der Waals surface area contributed by atoms with Crippen LogP contribution in [0.15, 0.2) is 24.3 Å². The molecule has 0 saturated heterocycles. The van der Waals surface area contributed by atoms with Crippen LogP contribution in [0, 0.1) is 0 Å². The van der Waals surface area contributed by atoms with Crippen LogP contribution in [0.5, 0.6) is 0 Å². The van der Waals surface area contributed by atoms with Crippen molar-refractivity contribution in [1.82, 2.24) is 5.32 Å². The van der Waals surface area contributed by atoms with Gasteiger partial charge in [-0.05, 0) is 57.8 Å². The van der Waals surface area contributed by atoms with Crippen molar-refractivity contribution in [2.75, 3.05) is 13.2 Å². The van der Waals surface area contributed by atoms with Gasteiger partial charge in [-0.1, -0.05) is 205 Å². The van der Waals surface area contributed by atoms with Crippen LogP contribution in [0.4, 0.5) is 0 Å². The lowest BCUT2D eigenvalue weighted by Crippen LogP contribution is -2.45. The molecule has 0 aromatic carbocycles. The second-order valence-corrected chi connectivity index (χ2v) is 16.4. The summed E-state index contributed by atoms with van der Waals surface area (Å²) in [6.07, 6.45) is 51.6. The van der Waals surface area contributed by atoms with Crippen molar-refractivity contribution in [2.45, 2.75) is 264 Å². The second-order valence-electron chi connectivity index (χ2n) is 16.4. The molecule has 2 atom stereocenters. The Morgan fingerprint density at radius 2 is 0.855 bits per heavy atom. The van der Waals surface area contributed by atoms with Gasteiger partial charge < -0.3 is 20.3 Å². The fourth-order valence-electron chi connectivity index (χ4n) is 7.21. The van der Waals surface area contributed by atoms with Gasteiger partial charge in [0.2, 0.25) is 5.91 Å². The smallest absolute Gasteiger partial charge is 0.305 e. The maximum Gasteiger partial charge on any atom is 0.305 e. The first-order valence-corrected chi connectivity index (χ1v) is 24.1. The number of unbranched alkanes of at least 4 members (excludes halogenated alkanes) is 31. The van der Waals surface area contributed by atoms with E-state index < -0.39 is 12.1 Å². The van der Waals surface area contributed by atoms with E-state index in [4.69, 9.17) is 4.74 Å². The van der Waals surface area contributed by atoms with Crippen LogP contribution < -0.4 is 5.32 Å². The molecule has 0 aromatic heterocycles. The molecule has 324 valence electrons. The van der Waals surface area contributed by atoms with Gasteiger partial charge in [-0.15, -0.1) is 0 Å². The number of aliphatic hydroxyl groups excluding tert-OH is 2. The van der Waals surface area contributed by atoms with E-state index in [2.05, 4.69) is 31.3 Å². The van der Waals surface area contributed by atoms with Gasteiger partial charge in [-0.25, -0.2) is 0 Å². The zero-order valence-electron chi connectivity index (χ0n) is 36.7. The molecule has 0 aromatic rings. The zero-order chi connectivity index (χ0) is 40.1. The molecule has 0 aliphatic heterocycles. The summed E-state index contributed by atoms with van der Waals surface area (Å²) >= 11 is 0. The van der Waals surface area contributed by atoms with Gasteiger partial charge in [0.1, 0.15) is 0 Å². The molecule has 55 heavy (non-hydrogen) atoms. The van der Waals surface area contributed by atoms with E-state index in [0.717, 1.165) is 57.8 Å². The summed E-state index contributed by atoms with van der Waals surface area (Å²) in [4.78, 5) is 24.4. The molecule has 3 N–H and O–H groups in total. The van der Waals surface area contributed by atoms with Crippen molar-refractivity contribution < 1.29 is 24.5 Å². The minimum Gasteiger partial charge on any atom is -0.466 e. The van der Waals surface area contributed by atoms with Crippen LogP contribution in [0.3, 0.4) is 0 Å². The third kappa shape index (κ3) is 41.8. The summed E-state index contributed by atoms with van der Waals surface area (Å²) in [5.41, 5.74) is 0. The first-order chi connectivity index (χ1) is 27.0. The van der Waals surface area contributed by atoms with Crippen molar-refractivity contribution in [3.8, 4) is 0 Å². The summed E-state index contributed by atoms with van der Waals surface area (Å²) in [7, 11) is 0. The Kier molecular flexibility index (Phi) is 43.7. The number of carbonyl (C=O) groups is 2. The van der Waals surface area contributed by atoms with Gasteiger partial charge in [0.15, 0.2) is 0 Å². The van der Waals surface area contributed by atoms with Crippen molar-refractivity contribution >= 4 is 11.9 Å². The predicted octanol–water partition coefficient (Wildman–Crippen LogP) is 14.0. The summed E-state index contributed by atoms with van der Waals surface area (Å²) in [6.45, 7) is 4.83. The first kappa shape index (κ1) is 53.3. The Morgan fingerprint density at radius 3 is 1.33 bits per heavy atom. The molecule has 0 fully saturated rings. The number of allylic oxidation sites excluding steroid dienone is 3.